The summed E-state index contributed by atoms with van der Waals surface area (Å²) in [6.07, 6.45) is 4.93. The maximum atomic E-state index is 9.57. The van der Waals surface area contributed by atoms with Crippen molar-refractivity contribution in [2.75, 3.05) is 13.1 Å². The van der Waals surface area contributed by atoms with E-state index < -0.39 is 0 Å². The lowest BCUT2D eigenvalue weighted by Crippen LogP contribution is -2.23. The number of rotatable bonds is 1. The summed E-state index contributed by atoms with van der Waals surface area (Å²) in [5.74, 6) is 1.74. The first-order valence-electron chi connectivity index (χ1n) is 5.77. The number of aliphatic hydroxyl groups excluding tert-OH is 1. The molecule has 0 radical (unpaired) electrons. The third-order valence-electron chi connectivity index (χ3n) is 3.47. The zero-order chi connectivity index (χ0) is 10.3. The van der Waals surface area contributed by atoms with Crippen molar-refractivity contribution in [2.24, 2.45) is 0 Å². The van der Waals surface area contributed by atoms with Crippen molar-refractivity contribution < 1.29 is 5.11 Å². The van der Waals surface area contributed by atoms with Gasteiger partial charge in [-0.1, -0.05) is 0 Å². The van der Waals surface area contributed by atoms with Crippen LogP contribution in [0.2, 0.25) is 0 Å². The van der Waals surface area contributed by atoms with Crippen LogP contribution in [0.1, 0.15) is 30.3 Å². The number of nitrogens with one attached hydrogen (secondary N) is 1. The molecule has 15 heavy (non-hydrogen) atoms. The van der Waals surface area contributed by atoms with Gasteiger partial charge in [-0.3, -0.25) is 0 Å². The second-order valence-electron chi connectivity index (χ2n) is 4.62. The largest absolute Gasteiger partial charge is 0.391 e. The Labute approximate surface area is 89.3 Å². The Hall–Kier alpha value is -0.870. The van der Waals surface area contributed by atoms with E-state index in [0.29, 0.717) is 5.92 Å². The highest BCUT2D eigenvalue weighted by Gasteiger charge is 2.23. The fourth-order valence-electron chi connectivity index (χ4n) is 2.55. The van der Waals surface area contributed by atoms with Crippen molar-refractivity contribution >= 4 is 0 Å². The lowest BCUT2D eigenvalue weighted by molar-refractivity contribution is 0.130. The van der Waals surface area contributed by atoms with Crippen LogP contribution >= 0.6 is 0 Å². The number of nitrogens with zero attached hydrogens (tertiary/aromatic N) is 2. The average molecular weight is 207 g/mol. The first-order chi connectivity index (χ1) is 7.33. The van der Waals surface area contributed by atoms with Crippen LogP contribution in [0.5, 0.6) is 0 Å². The minimum Gasteiger partial charge on any atom is -0.391 e. The zero-order valence-corrected chi connectivity index (χ0v) is 8.82. The molecule has 4 heteroatoms. The molecule has 2 N–H and O–H groups in total. The second kappa shape index (κ2) is 3.61. The molecule has 0 spiro atoms. The van der Waals surface area contributed by atoms with Gasteiger partial charge in [-0.15, -0.1) is 0 Å². The van der Waals surface area contributed by atoms with E-state index in [0.717, 1.165) is 38.3 Å². The lowest BCUT2D eigenvalue weighted by Gasteiger charge is -2.18. The third-order valence-corrected chi connectivity index (χ3v) is 3.47. The molecule has 2 aliphatic rings. The number of imidazole rings is 1. The molecule has 0 aliphatic carbocycles. The normalized spacial score (nSPS) is 30.5. The maximum absolute atomic E-state index is 9.57. The van der Waals surface area contributed by atoms with E-state index in [-0.39, 0.29) is 6.10 Å². The van der Waals surface area contributed by atoms with Crippen molar-refractivity contribution in [3.63, 3.8) is 0 Å². The van der Waals surface area contributed by atoms with Crippen molar-refractivity contribution in [2.45, 2.75) is 37.8 Å². The Morgan fingerprint density at radius 3 is 3.20 bits per heavy atom. The first-order valence-corrected chi connectivity index (χ1v) is 5.77. The fraction of sp³-hybridized carbons (Fsp3) is 0.727. The van der Waals surface area contributed by atoms with Gasteiger partial charge in [-0.2, -0.15) is 0 Å². The van der Waals surface area contributed by atoms with Crippen LogP contribution < -0.4 is 5.32 Å². The number of aryl methyl sites for hydroxylation is 1. The molecule has 1 aromatic heterocycles. The molecule has 2 aliphatic heterocycles. The Kier molecular flexibility index (Phi) is 2.25. The molecule has 1 fully saturated rings. The summed E-state index contributed by atoms with van der Waals surface area (Å²) < 4.78 is 2.13. The Morgan fingerprint density at radius 2 is 2.40 bits per heavy atom. The molecule has 82 valence electrons. The second-order valence-corrected chi connectivity index (χ2v) is 4.62. The Balaban J connectivity index is 1.85. The predicted molar refractivity (Wildman–Crippen MR) is 56.8 cm³/mol. The quantitative estimate of drug-likeness (QED) is 0.695. The van der Waals surface area contributed by atoms with Gasteiger partial charge < -0.3 is 15.0 Å². The van der Waals surface area contributed by atoms with Gasteiger partial charge in [0, 0.05) is 31.6 Å². The SMILES string of the molecule is OC1CCc2nc(C3CCNC3)cn2C1. The minimum atomic E-state index is -0.179. The molecule has 0 saturated carbocycles. The van der Waals surface area contributed by atoms with Crippen LogP contribution in [0.4, 0.5) is 0 Å². The van der Waals surface area contributed by atoms with E-state index in [9.17, 15) is 5.11 Å². The molecule has 0 amide bonds. The monoisotopic (exact) mass is 207 g/mol. The molecule has 1 saturated heterocycles. The van der Waals surface area contributed by atoms with E-state index >= 15 is 0 Å². The summed E-state index contributed by atoms with van der Waals surface area (Å²) in [5.41, 5.74) is 1.21. The van der Waals surface area contributed by atoms with Crippen molar-refractivity contribution in [3.05, 3.63) is 17.7 Å². The van der Waals surface area contributed by atoms with Crippen LogP contribution in [0.25, 0.3) is 0 Å². The van der Waals surface area contributed by atoms with Gasteiger partial charge in [0.05, 0.1) is 11.8 Å². The summed E-state index contributed by atoms with van der Waals surface area (Å²) in [6.45, 7) is 2.89. The summed E-state index contributed by atoms with van der Waals surface area (Å²) >= 11 is 0. The third kappa shape index (κ3) is 1.68. The van der Waals surface area contributed by atoms with Gasteiger partial charge in [0.15, 0.2) is 0 Å². The van der Waals surface area contributed by atoms with Crippen molar-refractivity contribution in [1.29, 1.82) is 0 Å². The highest BCUT2D eigenvalue weighted by atomic mass is 16.3. The Morgan fingerprint density at radius 1 is 1.47 bits per heavy atom. The molecule has 1 aromatic rings. The highest BCUT2D eigenvalue weighted by molar-refractivity contribution is 5.13. The maximum Gasteiger partial charge on any atom is 0.109 e. The lowest BCUT2D eigenvalue weighted by atomic mass is 10.1. The smallest absolute Gasteiger partial charge is 0.109 e. The number of aliphatic hydroxyl groups is 1. The number of hydrogen-bond donors (Lipinski definition) is 2. The highest BCUT2D eigenvalue weighted by Crippen LogP contribution is 2.24. The van der Waals surface area contributed by atoms with Crippen LogP contribution in [0.3, 0.4) is 0 Å². The molecular formula is C11H17N3O. The summed E-state index contributed by atoms with van der Waals surface area (Å²) in [6, 6.07) is 0. The number of hydrogen-bond acceptors (Lipinski definition) is 3. The number of fused-ring (bicyclic) bond motifs is 1. The van der Waals surface area contributed by atoms with E-state index in [1.807, 2.05) is 0 Å². The molecule has 3 heterocycles. The van der Waals surface area contributed by atoms with Crippen LogP contribution in [-0.2, 0) is 13.0 Å². The van der Waals surface area contributed by atoms with Crippen LogP contribution in [-0.4, -0.2) is 33.9 Å². The van der Waals surface area contributed by atoms with Gasteiger partial charge in [-0.25, -0.2) is 4.98 Å². The van der Waals surface area contributed by atoms with Gasteiger partial charge in [0.1, 0.15) is 5.82 Å². The molecule has 0 bridgehead atoms. The van der Waals surface area contributed by atoms with E-state index in [1.165, 1.54) is 12.1 Å². The first kappa shape index (κ1) is 9.36. The van der Waals surface area contributed by atoms with Gasteiger partial charge in [0.2, 0.25) is 0 Å². The Bertz CT molecular complexity index is 355. The molecular weight excluding hydrogens is 190 g/mol. The van der Waals surface area contributed by atoms with E-state index in [4.69, 9.17) is 0 Å². The molecule has 3 rings (SSSR count). The van der Waals surface area contributed by atoms with Crippen molar-refractivity contribution in [1.82, 2.24) is 14.9 Å². The van der Waals surface area contributed by atoms with E-state index in [1.54, 1.807) is 0 Å². The fourth-order valence-corrected chi connectivity index (χ4v) is 2.55. The summed E-state index contributed by atoms with van der Waals surface area (Å²) in [7, 11) is 0. The summed E-state index contributed by atoms with van der Waals surface area (Å²) in [5, 5.41) is 12.9. The van der Waals surface area contributed by atoms with Gasteiger partial charge >= 0.3 is 0 Å². The molecule has 2 atom stereocenters. The molecule has 2 unspecified atom stereocenters. The topological polar surface area (TPSA) is 50.1 Å². The molecule has 0 aromatic carbocycles. The predicted octanol–water partition coefficient (Wildman–Crippen LogP) is 0.267. The standard InChI is InChI=1S/C11H17N3O/c15-9-1-2-11-13-10(7-14(11)6-9)8-3-4-12-5-8/h7-9,12,15H,1-6H2. The van der Waals surface area contributed by atoms with Crippen LogP contribution in [0, 0.1) is 0 Å². The van der Waals surface area contributed by atoms with Crippen LogP contribution in [0.15, 0.2) is 6.20 Å². The van der Waals surface area contributed by atoms with Gasteiger partial charge in [-0.05, 0) is 19.4 Å². The minimum absolute atomic E-state index is 0.179. The van der Waals surface area contributed by atoms with E-state index in [2.05, 4.69) is 21.1 Å². The zero-order valence-electron chi connectivity index (χ0n) is 8.82. The average Bonchev–Trinajstić information content (AvgIpc) is 2.84. The van der Waals surface area contributed by atoms with Gasteiger partial charge in [0.25, 0.3) is 0 Å². The summed E-state index contributed by atoms with van der Waals surface area (Å²) in [4.78, 5) is 4.68. The van der Waals surface area contributed by atoms with Crippen molar-refractivity contribution in [3.8, 4) is 0 Å². The number of aromatic nitrogens is 2. The molecule has 4 nitrogen and oxygen atoms in total.